The van der Waals surface area contributed by atoms with E-state index < -0.39 is 16.0 Å². The van der Waals surface area contributed by atoms with E-state index in [2.05, 4.69) is 9.97 Å². The van der Waals surface area contributed by atoms with Crippen molar-refractivity contribution in [1.29, 1.82) is 0 Å². The van der Waals surface area contributed by atoms with Crippen molar-refractivity contribution in [3.8, 4) is 17.0 Å². The van der Waals surface area contributed by atoms with Crippen LogP contribution < -0.4 is 4.74 Å². The van der Waals surface area contributed by atoms with E-state index in [1.165, 1.54) is 28.6 Å². The van der Waals surface area contributed by atoms with E-state index in [1.54, 1.807) is 24.4 Å². The molecule has 8 nitrogen and oxygen atoms in total. The van der Waals surface area contributed by atoms with E-state index in [4.69, 9.17) is 9.47 Å². The Hall–Kier alpha value is -3.66. The highest BCUT2D eigenvalue weighted by Gasteiger charge is 2.27. The molecule has 0 spiro atoms. The summed E-state index contributed by atoms with van der Waals surface area (Å²) in [5.74, 6) is -0.334. The molecule has 0 atom stereocenters. The predicted molar refractivity (Wildman–Crippen MR) is 126 cm³/mol. The third-order valence-electron chi connectivity index (χ3n) is 5.47. The van der Waals surface area contributed by atoms with Crippen LogP contribution in [0.5, 0.6) is 5.75 Å². The fraction of sp³-hybridized carbons (Fsp3) is 0.160. The van der Waals surface area contributed by atoms with Crippen molar-refractivity contribution in [3.05, 3.63) is 84.6 Å². The lowest BCUT2D eigenvalue weighted by Crippen LogP contribution is -2.40. The molecular weight excluding hydrogens is 454 g/mol. The predicted octanol–water partition coefficient (Wildman–Crippen LogP) is 3.54. The fourth-order valence-electron chi connectivity index (χ4n) is 3.70. The zero-order valence-corrected chi connectivity index (χ0v) is 18.9. The van der Waals surface area contributed by atoms with E-state index >= 15 is 0 Å². The second kappa shape index (κ2) is 9.30. The summed E-state index contributed by atoms with van der Waals surface area (Å²) in [6.07, 6.45) is 1.67. The van der Waals surface area contributed by atoms with Crippen LogP contribution in [0.3, 0.4) is 0 Å². The fourth-order valence-corrected chi connectivity index (χ4v) is 5.16. The molecule has 0 N–H and O–H groups in total. The van der Waals surface area contributed by atoms with E-state index in [1.807, 2.05) is 30.3 Å². The maximum Gasteiger partial charge on any atom is 0.343 e. The summed E-state index contributed by atoms with van der Waals surface area (Å²) in [6.45, 7) is 1.25. The van der Waals surface area contributed by atoms with Crippen molar-refractivity contribution in [1.82, 2.24) is 14.3 Å². The molecule has 0 saturated carbocycles. The molecule has 34 heavy (non-hydrogen) atoms. The van der Waals surface area contributed by atoms with Crippen molar-refractivity contribution in [3.63, 3.8) is 0 Å². The summed E-state index contributed by atoms with van der Waals surface area (Å²) in [4.78, 5) is 21.9. The smallest absolute Gasteiger partial charge is 0.343 e. The SMILES string of the molecule is O=C(Oc1cccc(-c2cnc3ccccc3n2)c1)c1cccc(S(=O)(=O)N2CCOCC2)c1. The van der Waals surface area contributed by atoms with Gasteiger partial charge in [-0.25, -0.2) is 18.2 Å². The van der Waals surface area contributed by atoms with Crippen molar-refractivity contribution in [2.75, 3.05) is 26.3 Å². The molecule has 2 heterocycles. The number of fused-ring (bicyclic) bond motifs is 1. The Balaban J connectivity index is 1.37. The molecule has 0 unspecified atom stereocenters. The molecule has 0 bridgehead atoms. The molecule has 0 radical (unpaired) electrons. The van der Waals surface area contributed by atoms with Gasteiger partial charge in [-0.05, 0) is 42.5 Å². The van der Waals surface area contributed by atoms with Gasteiger partial charge in [0.05, 0.1) is 46.6 Å². The zero-order valence-electron chi connectivity index (χ0n) is 18.1. The Morgan fingerprint density at radius 1 is 0.912 bits per heavy atom. The van der Waals surface area contributed by atoms with Gasteiger partial charge < -0.3 is 9.47 Å². The van der Waals surface area contributed by atoms with Crippen molar-refractivity contribution in [2.24, 2.45) is 0 Å². The van der Waals surface area contributed by atoms with Crippen molar-refractivity contribution < 1.29 is 22.7 Å². The second-order valence-corrected chi connectivity index (χ2v) is 9.64. The lowest BCUT2D eigenvalue weighted by atomic mass is 10.1. The van der Waals surface area contributed by atoms with Gasteiger partial charge >= 0.3 is 5.97 Å². The average molecular weight is 476 g/mol. The van der Waals surface area contributed by atoms with Crippen molar-refractivity contribution >= 4 is 27.0 Å². The average Bonchev–Trinajstić information content (AvgIpc) is 2.89. The summed E-state index contributed by atoms with van der Waals surface area (Å²) in [5.41, 5.74) is 3.09. The van der Waals surface area contributed by atoms with Crippen LogP contribution in [-0.2, 0) is 14.8 Å². The van der Waals surface area contributed by atoms with Crippen LogP contribution in [0.1, 0.15) is 10.4 Å². The molecule has 3 aromatic carbocycles. The summed E-state index contributed by atoms with van der Waals surface area (Å²) in [6, 6.07) is 20.4. The van der Waals surface area contributed by atoms with Crippen LogP contribution in [0.15, 0.2) is 83.9 Å². The maximum atomic E-state index is 12.9. The van der Waals surface area contributed by atoms with Gasteiger partial charge in [-0.3, -0.25) is 4.98 Å². The highest BCUT2D eigenvalue weighted by Crippen LogP contribution is 2.25. The molecular formula is C25H21N3O5S. The number of ether oxygens (including phenoxy) is 2. The van der Waals surface area contributed by atoms with Gasteiger partial charge in [-0.2, -0.15) is 4.31 Å². The van der Waals surface area contributed by atoms with Gasteiger partial charge in [-0.1, -0.05) is 30.3 Å². The quantitative estimate of drug-likeness (QED) is 0.322. The first kappa shape index (κ1) is 22.1. The number of rotatable bonds is 5. The first-order chi connectivity index (χ1) is 16.5. The molecule has 1 aromatic heterocycles. The normalized spacial score (nSPS) is 14.7. The molecule has 4 aromatic rings. The molecule has 1 aliphatic rings. The Morgan fingerprint density at radius 3 is 2.50 bits per heavy atom. The van der Waals surface area contributed by atoms with E-state index in [0.717, 1.165) is 16.6 Å². The number of sulfonamides is 1. The van der Waals surface area contributed by atoms with E-state index in [9.17, 15) is 13.2 Å². The Labute approximate surface area is 196 Å². The maximum absolute atomic E-state index is 12.9. The lowest BCUT2D eigenvalue weighted by molar-refractivity contribution is 0.0727. The Bertz CT molecular complexity index is 1470. The number of esters is 1. The third kappa shape index (κ3) is 4.54. The molecule has 1 fully saturated rings. The molecule has 0 amide bonds. The number of hydrogen-bond acceptors (Lipinski definition) is 7. The van der Waals surface area contributed by atoms with E-state index in [-0.39, 0.29) is 23.5 Å². The summed E-state index contributed by atoms with van der Waals surface area (Å²) >= 11 is 0. The van der Waals surface area contributed by atoms with Gasteiger partial charge in [0.1, 0.15) is 5.75 Å². The van der Waals surface area contributed by atoms with Gasteiger partial charge in [0.25, 0.3) is 0 Å². The number of morpholine rings is 1. The number of carbonyl (C=O) groups excluding carboxylic acids is 1. The molecule has 5 rings (SSSR count). The molecule has 1 aliphatic heterocycles. The highest BCUT2D eigenvalue weighted by molar-refractivity contribution is 7.89. The number of aromatic nitrogens is 2. The number of benzene rings is 3. The first-order valence-corrected chi connectivity index (χ1v) is 12.2. The van der Waals surface area contributed by atoms with Crippen LogP contribution in [-0.4, -0.2) is 55.0 Å². The topological polar surface area (TPSA) is 98.7 Å². The zero-order chi connectivity index (χ0) is 23.5. The van der Waals surface area contributed by atoms with Crippen LogP contribution in [0.25, 0.3) is 22.3 Å². The van der Waals surface area contributed by atoms with Crippen LogP contribution in [0.4, 0.5) is 0 Å². The lowest BCUT2D eigenvalue weighted by Gasteiger charge is -2.26. The molecule has 1 saturated heterocycles. The number of carbonyl (C=O) groups is 1. The van der Waals surface area contributed by atoms with Gasteiger partial charge in [-0.15, -0.1) is 0 Å². The Kier molecular flexibility index (Phi) is 6.06. The molecule has 172 valence electrons. The number of nitrogens with zero attached hydrogens (tertiary/aromatic N) is 3. The summed E-state index contributed by atoms with van der Waals surface area (Å²) in [7, 11) is -3.72. The minimum Gasteiger partial charge on any atom is -0.423 e. The van der Waals surface area contributed by atoms with Crippen LogP contribution >= 0.6 is 0 Å². The monoisotopic (exact) mass is 475 g/mol. The molecule has 0 aliphatic carbocycles. The molecule has 9 heteroatoms. The third-order valence-corrected chi connectivity index (χ3v) is 7.36. The Morgan fingerprint density at radius 2 is 1.68 bits per heavy atom. The van der Waals surface area contributed by atoms with Crippen LogP contribution in [0, 0.1) is 0 Å². The van der Waals surface area contributed by atoms with Gasteiger partial charge in [0.15, 0.2) is 0 Å². The number of hydrogen-bond donors (Lipinski definition) is 0. The van der Waals surface area contributed by atoms with Gasteiger partial charge in [0, 0.05) is 18.7 Å². The standard InChI is InChI=1S/C25H21N3O5S/c29-25(19-6-4-8-21(16-19)34(30,31)28-11-13-32-14-12-28)33-20-7-3-5-18(15-20)24-17-26-22-9-1-2-10-23(22)27-24/h1-10,15-17H,11-14H2. The van der Waals surface area contributed by atoms with Crippen LogP contribution in [0.2, 0.25) is 0 Å². The van der Waals surface area contributed by atoms with E-state index in [0.29, 0.717) is 24.7 Å². The number of para-hydroxylation sites is 2. The minimum atomic E-state index is -3.72. The second-order valence-electron chi connectivity index (χ2n) is 7.71. The van der Waals surface area contributed by atoms with Crippen molar-refractivity contribution in [2.45, 2.75) is 4.90 Å². The largest absolute Gasteiger partial charge is 0.423 e. The highest BCUT2D eigenvalue weighted by atomic mass is 32.2. The van der Waals surface area contributed by atoms with Gasteiger partial charge in [0.2, 0.25) is 10.0 Å². The minimum absolute atomic E-state index is 0.0454. The summed E-state index contributed by atoms with van der Waals surface area (Å²) < 4.78 is 38.0. The summed E-state index contributed by atoms with van der Waals surface area (Å²) in [5, 5.41) is 0. The first-order valence-electron chi connectivity index (χ1n) is 10.7.